The van der Waals surface area contributed by atoms with Crippen molar-refractivity contribution in [1.82, 2.24) is 0 Å². The minimum Gasteiger partial charge on any atom is -0.381 e. The molecule has 2 nitrogen and oxygen atoms in total. The highest BCUT2D eigenvalue weighted by atomic mass is 32.2. The van der Waals surface area contributed by atoms with E-state index in [4.69, 9.17) is 9.47 Å². The molecular weight excluding hydrogens is 280 g/mol. The zero-order chi connectivity index (χ0) is 14.8. The second kappa shape index (κ2) is 16.6. The fourth-order valence-corrected chi connectivity index (χ4v) is 3.61. The fraction of sp³-hybridized carbons (Fsp3) is 1.00. The number of hydrogen-bond acceptors (Lipinski definition) is 3. The summed E-state index contributed by atoms with van der Waals surface area (Å²) in [6.45, 7) is 3.89. The van der Waals surface area contributed by atoms with Gasteiger partial charge in [-0.25, -0.2) is 0 Å². The minimum atomic E-state index is 0.967. The Morgan fingerprint density at radius 3 is 1.14 bits per heavy atom. The van der Waals surface area contributed by atoms with Crippen LogP contribution in [0.5, 0.6) is 0 Å². The Morgan fingerprint density at radius 2 is 0.714 bits per heavy atom. The fourth-order valence-electron chi connectivity index (χ4n) is 2.59. The van der Waals surface area contributed by atoms with Crippen molar-refractivity contribution < 1.29 is 9.47 Å². The lowest BCUT2D eigenvalue weighted by Crippen LogP contribution is -1.98. The second-order valence-electron chi connectivity index (χ2n) is 6.08. The summed E-state index contributed by atoms with van der Waals surface area (Å²) >= 11 is 2.09. The van der Waals surface area contributed by atoms with Crippen LogP contribution in [-0.2, 0) is 9.47 Å². The van der Waals surface area contributed by atoms with Gasteiger partial charge in [-0.15, -0.1) is 0 Å². The number of hydrogen-bond donors (Lipinski definition) is 0. The van der Waals surface area contributed by atoms with Crippen LogP contribution in [0.25, 0.3) is 0 Å². The summed E-state index contributed by atoms with van der Waals surface area (Å²) in [7, 11) is 0. The molecule has 1 rings (SSSR count). The van der Waals surface area contributed by atoms with Gasteiger partial charge in [0, 0.05) is 26.4 Å². The average Bonchev–Trinajstić information content (AvgIpc) is 2.50. The zero-order valence-electron chi connectivity index (χ0n) is 14.0. The van der Waals surface area contributed by atoms with Crippen LogP contribution in [0.2, 0.25) is 0 Å². The van der Waals surface area contributed by atoms with Gasteiger partial charge in [-0.2, -0.15) is 11.8 Å². The normalized spacial score (nSPS) is 24.0. The zero-order valence-corrected chi connectivity index (χ0v) is 14.8. The Labute approximate surface area is 136 Å². The van der Waals surface area contributed by atoms with E-state index in [0.717, 1.165) is 26.4 Å². The van der Waals surface area contributed by atoms with E-state index in [2.05, 4.69) is 11.8 Å². The van der Waals surface area contributed by atoms with Crippen molar-refractivity contribution in [2.24, 2.45) is 0 Å². The van der Waals surface area contributed by atoms with E-state index in [0.29, 0.717) is 0 Å². The van der Waals surface area contributed by atoms with Crippen LogP contribution in [0.15, 0.2) is 0 Å². The van der Waals surface area contributed by atoms with Crippen molar-refractivity contribution in [1.29, 1.82) is 0 Å². The Kier molecular flexibility index (Phi) is 15.3. The van der Waals surface area contributed by atoms with Gasteiger partial charge in [-0.05, 0) is 50.0 Å². The molecule has 0 N–H and O–H groups in total. The van der Waals surface area contributed by atoms with Gasteiger partial charge in [-0.3, -0.25) is 0 Å². The number of thioether (sulfide) groups is 1. The van der Waals surface area contributed by atoms with Gasteiger partial charge in [0.25, 0.3) is 0 Å². The van der Waals surface area contributed by atoms with Gasteiger partial charge in [0.2, 0.25) is 0 Å². The summed E-state index contributed by atoms with van der Waals surface area (Å²) < 4.78 is 11.4. The van der Waals surface area contributed by atoms with Gasteiger partial charge >= 0.3 is 0 Å². The maximum Gasteiger partial charge on any atom is 0.0466 e. The molecule has 1 heterocycles. The molecule has 0 unspecified atom stereocenters. The Hall–Kier alpha value is 0.270. The molecule has 0 bridgehead atoms. The van der Waals surface area contributed by atoms with Crippen molar-refractivity contribution in [3.8, 4) is 0 Å². The van der Waals surface area contributed by atoms with Crippen LogP contribution in [0.4, 0.5) is 0 Å². The first-order valence-electron chi connectivity index (χ1n) is 9.23. The highest BCUT2D eigenvalue weighted by Gasteiger charge is 1.96. The predicted octanol–water partition coefficient (Wildman–Crippen LogP) is 5.45. The highest BCUT2D eigenvalue weighted by Crippen LogP contribution is 2.10. The highest BCUT2D eigenvalue weighted by molar-refractivity contribution is 7.99. The summed E-state index contributed by atoms with van der Waals surface area (Å²) in [6.07, 6.45) is 15.8. The van der Waals surface area contributed by atoms with E-state index in [-0.39, 0.29) is 0 Å². The molecule has 1 aliphatic rings. The SMILES string of the molecule is C1CCCCCOCCCCSCCCCOCCCC1. The van der Waals surface area contributed by atoms with E-state index < -0.39 is 0 Å². The van der Waals surface area contributed by atoms with Crippen LogP contribution in [0.1, 0.15) is 77.0 Å². The molecule has 3 heteroatoms. The molecule has 0 aromatic rings. The summed E-state index contributed by atoms with van der Waals surface area (Å²) in [5.74, 6) is 2.59. The summed E-state index contributed by atoms with van der Waals surface area (Å²) in [5.41, 5.74) is 0. The molecule has 0 saturated carbocycles. The predicted molar refractivity (Wildman–Crippen MR) is 94.4 cm³/mol. The Balaban J connectivity index is 2.00. The molecule has 0 aromatic heterocycles. The van der Waals surface area contributed by atoms with E-state index in [1.165, 1.54) is 88.6 Å². The smallest absolute Gasteiger partial charge is 0.0466 e. The van der Waals surface area contributed by atoms with E-state index in [9.17, 15) is 0 Å². The van der Waals surface area contributed by atoms with Gasteiger partial charge < -0.3 is 9.47 Å². The third kappa shape index (κ3) is 15.0. The minimum absolute atomic E-state index is 0.967. The maximum absolute atomic E-state index is 5.71. The summed E-state index contributed by atoms with van der Waals surface area (Å²) in [4.78, 5) is 0. The van der Waals surface area contributed by atoms with Crippen molar-refractivity contribution in [2.45, 2.75) is 77.0 Å². The van der Waals surface area contributed by atoms with Gasteiger partial charge in [0.15, 0.2) is 0 Å². The lowest BCUT2D eigenvalue weighted by Gasteiger charge is -2.05. The molecule has 0 amide bonds. The van der Waals surface area contributed by atoms with Gasteiger partial charge in [0.1, 0.15) is 0 Å². The van der Waals surface area contributed by atoms with Gasteiger partial charge in [-0.1, -0.05) is 38.5 Å². The summed E-state index contributed by atoms with van der Waals surface area (Å²) in [6, 6.07) is 0. The molecule has 1 saturated heterocycles. The first kappa shape index (κ1) is 19.3. The molecule has 0 aliphatic carbocycles. The number of ether oxygens (including phenoxy) is 2. The van der Waals surface area contributed by atoms with Crippen LogP contribution in [0.3, 0.4) is 0 Å². The molecule has 0 atom stereocenters. The van der Waals surface area contributed by atoms with Crippen LogP contribution in [-0.4, -0.2) is 37.9 Å². The van der Waals surface area contributed by atoms with Crippen molar-refractivity contribution in [3.63, 3.8) is 0 Å². The standard InChI is InChI=1S/C18H36O2S/c1-2-4-6-8-14-20-16-10-12-18-21-17-11-9-15-19-13-7-5-3-1/h1-18H2. The third-order valence-electron chi connectivity index (χ3n) is 3.98. The van der Waals surface area contributed by atoms with Crippen molar-refractivity contribution in [3.05, 3.63) is 0 Å². The molecule has 0 radical (unpaired) electrons. The second-order valence-corrected chi connectivity index (χ2v) is 7.30. The largest absolute Gasteiger partial charge is 0.381 e. The van der Waals surface area contributed by atoms with E-state index >= 15 is 0 Å². The van der Waals surface area contributed by atoms with Crippen LogP contribution < -0.4 is 0 Å². The van der Waals surface area contributed by atoms with Crippen LogP contribution >= 0.6 is 11.8 Å². The van der Waals surface area contributed by atoms with E-state index in [1.54, 1.807) is 0 Å². The molecule has 1 fully saturated rings. The maximum atomic E-state index is 5.71. The first-order chi connectivity index (χ1) is 10.5. The molecule has 126 valence electrons. The number of rotatable bonds is 0. The Bertz CT molecular complexity index is 107. The molecule has 0 spiro atoms. The Morgan fingerprint density at radius 1 is 0.381 bits per heavy atom. The molecule has 21 heavy (non-hydrogen) atoms. The van der Waals surface area contributed by atoms with Crippen LogP contribution in [0, 0.1) is 0 Å². The van der Waals surface area contributed by atoms with E-state index in [1.807, 2.05) is 0 Å². The van der Waals surface area contributed by atoms with Crippen molar-refractivity contribution >= 4 is 11.8 Å². The first-order valence-corrected chi connectivity index (χ1v) is 10.4. The summed E-state index contributed by atoms with van der Waals surface area (Å²) in [5, 5.41) is 0. The third-order valence-corrected chi connectivity index (χ3v) is 5.14. The lowest BCUT2D eigenvalue weighted by molar-refractivity contribution is 0.126. The quantitative estimate of drug-likeness (QED) is 0.592. The molecule has 1 aliphatic heterocycles. The van der Waals surface area contributed by atoms with Crippen molar-refractivity contribution in [2.75, 3.05) is 37.9 Å². The average molecular weight is 317 g/mol. The topological polar surface area (TPSA) is 18.5 Å². The molecular formula is C18H36O2S. The molecule has 0 aromatic carbocycles. The van der Waals surface area contributed by atoms with Gasteiger partial charge in [0.05, 0.1) is 0 Å². The lowest BCUT2D eigenvalue weighted by atomic mass is 10.1. The monoisotopic (exact) mass is 316 g/mol.